The summed E-state index contributed by atoms with van der Waals surface area (Å²) in [5, 5.41) is 7.42. The monoisotopic (exact) mass is 182 g/mol. The molecule has 4 heteroatoms. The van der Waals surface area contributed by atoms with Crippen LogP contribution in [0.25, 0.3) is 0 Å². The average Bonchev–Trinajstić information content (AvgIpc) is 1.96. The first-order chi connectivity index (χ1) is 5.93. The first kappa shape index (κ1) is 11.3. The van der Waals surface area contributed by atoms with E-state index < -0.39 is 5.97 Å². The summed E-state index contributed by atoms with van der Waals surface area (Å²) in [6.45, 7) is 3.07. The molecule has 0 aliphatic carbocycles. The number of nitrogens with two attached hydrogens (primary N) is 2. The van der Waals surface area contributed by atoms with E-state index in [0.717, 1.165) is 12.5 Å². The molecule has 1 aromatic rings. The van der Waals surface area contributed by atoms with Gasteiger partial charge in [0.15, 0.2) is 0 Å². The second-order valence-electron chi connectivity index (χ2n) is 2.65. The molecule has 0 spiro atoms. The van der Waals surface area contributed by atoms with Gasteiger partial charge in [0.2, 0.25) is 0 Å². The molecule has 0 atom stereocenters. The largest absolute Gasteiger partial charge is 0.481 e. The van der Waals surface area contributed by atoms with Crippen LogP contribution in [0.15, 0.2) is 18.2 Å². The molecule has 0 unspecified atom stereocenters. The van der Waals surface area contributed by atoms with Crippen molar-refractivity contribution in [2.75, 3.05) is 11.5 Å². The van der Waals surface area contributed by atoms with Gasteiger partial charge in [0.05, 0.1) is 11.4 Å². The van der Waals surface area contributed by atoms with Crippen LogP contribution in [0.2, 0.25) is 0 Å². The van der Waals surface area contributed by atoms with Crippen molar-refractivity contribution in [1.29, 1.82) is 0 Å². The predicted octanol–water partition coefficient (Wildman–Crippen LogP) is 1.25. The minimum atomic E-state index is -0.833. The molecule has 1 aromatic carbocycles. The highest BCUT2D eigenvalue weighted by molar-refractivity contribution is 5.63. The summed E-state index contributed by atoms with van der Waals surface area (Å²) < 4.78 is 0. The number of hydrogen-bond donors (Lipinski definition) is 3. The Hall–Kier alpha value is -1.71. The fraction of sp³-hybridized carbons (Fsp3) is 0.222. The third-order valence-corrected chi connectivity index (χ3v) is 1.24. The molecule has 4 nitrogen and oxygen atoms in total. The third-order valence-electron chi connectivity index (χ3n) is 1.24. The topological polar surface area (TPSA) is 89.3 Å². The number of carbonyl (C=O) groups is 1. The minimum absolute atomic E-state index is 0.653. The zero-order valence-corrected chi connectivity index (χ0v) is 7.74. The van der Waals surface area contributed by atoms with Crippen molar-refractivity contribution in [1.82, 2.24) is 0 Å². The van der Waals surface area contributed by atoms with Gasteiger partial charge in [0.1, 0.15) is 0 Å². The number of rotatable bonds is 0. The fourth-order valence-electron chi connectivity index (χ4n) is 0.694. The van der Waals surface area contributed by atoms with Crippen LogP contribution >= 0.6 is 0 Å². The van der Waals surface area contributed by atoms with Crippen LogP contribution in [-0.2, 0) is 4.79 Å². The molecule has 5 N–H and O–H groups in total. The fourth-order valence-corrected chi connectivity index (χ4v) is 0.694. The number of anilines is 2. The number of aryl methyl sites for hydroxylation is 1. The van der Waals surface area contributed by atoms with Gasteiger partial charge in [-0.2, -0.15) is 0 Å². The van der Waals surface area contributed by atoms with Crippen LogP contribution < -0.4 is 11.5 Å². The van der Waals surface area contributed by atoms with Crippen molar-refractivity contribution in [2.24, 2.45) is 0 Å². The molecule has 0 bridgehead atoms. The molecular weight excluding hydrogens is 168 g/mol. The molecule has 0 amide bonds. The van der Waals surface area contributed by atoms with Gasteiger partial charge in [-0.1, -0.05) is 6.07 Å². The van der Waals surface area contributed by atoms with Crippen LogP contribution in [0.5, 0.6) is 0 Å². The molecule has 0 aliphatic heterocycles. The molecule has 0 radical (unpaired) electrons. The molecule has 0 heterocycles. The van der Waals surface area contributed by atoms with E-state index in [1.54, 1.807) is 0 Å². The second-order valence-corrected chi connectivity index (χ2v) is 2.65. The summed E-state index contributed by atoms with van der Waals surface area (Å²) in [6.07, 6.45) is 0. The molecule has 13 heavy (non-hydrogen) atoms. The van der Waals surface area contributed by atoms with Crippen LogP contribution in [-0.4, -0.2) is 11.1 Å². The number of carboxylic acids is 1. The molecule has 0 aromatic heterocycles. The van der Waals surface area contributed by atoms with Gasteiger partial charge in [-0.3, -0.25) is 4.79 Å². The maximum Gasteiger partial charge on any atom is 0.300 e. The number of benzene rings is 1. The highest BCUT2D eigenvalue weighted by atomic mass is 16.4. The number of nitrogen functional groups attached to an aromatic ring is 2. The van der Waals surface area contributed by atoms with Gasteiger partial charge >= 0.3 is 0 Å². The van der Waals surface area contributed by atoms with Gasteiger partial charge in [0, 0.05) is 6.92 Å². The first-order valence-electron chi connectivity index (χ1n) is 3.74. The van der Waals surface area contributed by atoms with Gasteiger partial charge in [-0.05, 0) is 24.6 Å². The SMILES string of the molecule is CC(=O)O.Cc1ccc(N)c(N)c1. The molecule has 0 saturated carbocycles. The number of aliphatic carboxylic acids is 1. The first-order valence-corrected chi connectivity index (χ1v) is 3.74. The summed E-state index contributed by atoms with van der Waals surface area (Å²) in [5.41, 5.74) is 13.4. The Morgan fingerprint density at radius 3 is 2.08 bits per heavy atom. The van der Waals surface area contributed by atoms with E-state index in [1.807, 2.05) is 25.1 Å². The summed E-state index contributed by atoms with van der Waals surface area (Å²) in [5.74, 6) is -0.833. The maximum atomic E-state index is 9.00. The van der Waals surface area contributed by atoms with Crippen LogP contribution in [0.1, 0.15) is 12.5 Å². The van der Waals surface area contributed by atoms with Crippen molar-refractivity contribution < 1.29 is 9.90 Å². The quantitative estimate of drug-likeness (QED) is 0.527. The highest BCUT2D eigenvalue weighted by Crippen LogP contribution is 2.14. The third kappa shape index (κ3) is 5.55. The Bertz CT molecular complexity index is 294. The lowest BCUT2D eigenvalue weighted by atomic mass is 10.2. The lowest BCUT2D eigenvalue weighted by Gasteiger charge is -1.98. The van der Waals surface area contributed by atoms with E-state index >= 15 is 0 Å². The average molecular weight is 182 g/mol. The lowest BCUT2D eigenvalue weighted by molar-refractivity contribution is -0.134. The van der Waals surface area contributed by atoms with Crippen molar-refractivity contribution >= 4 is 17.3 Å². The Labute approximate surface area is 77.2 Å². The molecule has 0 aliphatic rings. The molecule has 1 rings (SSSR count). The molecular formula is C9H14N2O2. The van der Waals surface area contributed by atoms with Gasteiger partial charge in [-0.15, -0.1) is 0 Å². The van der Waals surface area contributed by atoms with E-state index in [1.165, 1.54) is 0 Å². The maximum absolute atomic E-state index is 9.00. The van der Waals surface area contributed by atoms with Crippen molar-refractivity contribution in [2.45, 2.75) is 13.8 Å². The number of carboxylic acid groups (broad SMARTS) is 1. The van der Waals surface area contributed by atoms with Crippen molar-refractivity contribution in [3.05, 3.63) is 23.8 Å². The molecule has 0 saturated heterocycles. The summed E-state index contributed by atoms with van der Waals surface area (Å²) in [4.78, 5) is 9.00. The summed E-state index contributed by atoms with van der Waals surface area (Å²) in [7, 11) is 0. The van der Waals surface area contributed by atoms with Crippen LogP contribution in [0, 0.1) is 6.92 Å². The van der Waals surface area contributed by atoms with E-state index in [-0.39, 0.29) is 0 Å². The summed E-state index contributed by atoms with van der Waals surface area (Å²) >= 11 is 0. The summed E-state index contributed by atoms with van der Waals surface area (Å²) in [6, 6.07) is 5.60. The van der Waals surface area contributed by atoms with E-state index in [0.29, 0.717) is 11.4 Å². The second kappa shape index (κ2) is 5.03. The van der Waals surface area contributed by atoms with Gasteiger partial charge in [0.25, 0.3) is 5.97 Å². The highest BCUT2D eigenvalue weighted by Gasteiger charge is 1.90. The van der Waals surface area contributed by atoms with Gasteiger partial charge < -0.3 is 16.6 Å². The number of hydrogen-bond acceptors (Lipinski definition) is 3. The predicted molar refractivity (Wildman–Crippen MR) is 53.3 cm³/mol. The van der Waals surface area contributed by atoms with E-state index in [9.17, 15) is 0 Å². The van der Waals surface area contributed by atoms with Gasteiger partial charge in [-0.25, -0.2) is 0 Å². The zero-order chi connectivity index (χ0) is 10.4. The Morgan fingerprint density at radius 1 is 1.31 bits per heavy atom. The Kier molecular flexibility index (Phi) is 4.37. The zero-order valence-electron chi connectivity index (χ0n) is 7.74. The van der Waals surface area contributed by atoms with Crippen molar-refractivity contribution in [3.63, 3.8) is 0 Å². The van der Waals surface area contributed by atoms with E-state index in [4.69, 9.17) is 21.4 Å². The van der Waals surface area contributed by atoms with Crippen LogP contribution in [0.3, 0.4) is 0 Å². The van der Waals surface area contributed by atoms with Crippen molar-refractivity contribution in [3.8, 4) is 0 Å². The normalized spacial score (nSPS) is 8.46. The Balaban J connectivity index is 0.000000310. The lowest BCUT2D eigenvalue weighted by Crippen LogP contribution is -1.93. The van der Waals surface area contributed by atoms with E-state index in [2.05, 4.69) is 0 Å². The smallest absolute Gasteiger partial charge is 0.300 e. The standard InChI is InChI=1S/C7H10N2.C2H4O2/c1-5-2-3-6(8)7(9)4-5;1-2(3)4/h2-4H,8-9H2,1H3;1H3,(H,3,4). The molecule has 0 fully saturated rings. The molecule has 72 valence electrons. The van der Waals surface area contributed by atoms with Crippen LogP contribution in [0.4, 0.5) is 11.4 Å². The Morgan fingerprint density at radius 2 is 1.77 bits per heavy atom. The minimum Gasteiger partial charge on any atom is -0.481 e.